The van der Waals surface area contributed by atoms with E-state index in [1.807, 2.05) is 19.0 Å². The highest BCUT2D eigenvalue weighted by molar-refractivity contribution is 5.74. The van der Waals surface area contributed by atoms with Crippen molar-refractivity contribution in [1.82, 2.24) is 15.1 Å². The number of amides is 2. The van der Waals surface area contributed by atoms with Crippen LogP contribution in [0, 0.1) is 12.7 Å². The third-order valence-corrected chi connectivity index (χ3v) is 4.22. The molecule has 0 unspecified atom stereocenters. The Morgan fingerprint density at radius 1 is 1.38 bits per heavy atom. The molecule has 1 fully saturated rings. The molecule has 0 radical (unpaired) electrons. The molecule has 0 aromatic heterocycles. The lowest BCUT2D eigenvalue weighted by atomic mass is 10.1. The summed E-state index contributed by atoms with van der Waals surface area (Å²) in [5.41, 5.74) is 1.48. The van der Waals surface area contributed by atoms with E-state index in [4.69, 9.17) is 4.74 Å². The fraction of sp³-hybridized carbons (Fsp3) is 0.611. The monoisotopic (exact) mass is 337 g/mol. The smallest absolute Gasteiger partial charge is 0.317 e. The lowest BCUT2D eigenvalue weighted by molar-refractivity contribution is 0.0795. The highest BCUT2D eigenvalue weighted by Crippen LogP contribution is 2.14. The van der Waals surface area contributed by atoms with Gasteiger partial charge in [0.25, 0.3) is 0 Å². The number of aryl methyl sites for hydroxylation is 1. The molecule has 0 bridgehead atoms. The summed E-state index contributed by atoms with van der Waals surface area (Å²) in [5, 5.41) is 2.93. The molecular weight excluding hydrogens is 309 g/mol. The Labute approximate surface area is 143 Å². The van der Waals surface area contributed by atoms with Gasteiger partial charge in [-0.15, -0.1) is 0 Å². The molecule has 0 spiro atoms. The Kier molecular flexibility index (Phi) is 6.99. The number of urea groups is 1. The first-order valence-electron chi connectivity index (χ1n) is 8.50. The summed E-state index contributed by atoms with van der Waals surface area (Å²) >= 11 is 0. The summed E-state index contributed by atoms with van der Waals surface area (Å²) in [6, 6.07) is 4.80. The molecule has 1 aliphatic heterocycles. The van der Waals surface area contributed by atoms with Crippen molar-refractivity contribution < 1.29 is 13.9 Å². The highest BCUT2D eigenvalue weighted by Gasteiger charge is 2.22. The number of likely N-dealkylation sites (N-methyl/N-ethyl adjacent to an activating group) is 1. The van der Waals surface area contributed by atoms with Crippen LogP contribution >= 0.6 is 0 Å². The number of carbonyl (C=O) groups is 1. The maximum atomic E-state index is 13.3. The van der Waals surface area contributed by atoms with Crippen molar-refractivity contribution in [1.29, 1.82) is 0 Å². The normalized spacial score (nSPS) is 17.3. The summed E-state index contributed by atoms with van der Waals surface area (Å²) < 4.78 is 19.0. The minimum atomic E-state index is -0.226. The number of nitrogens with one attached hydrogen (secondary N) is 1. The standard InChI is InChI=1S/C18H28FN3O2/c1-14-11-15(6-7-17(14)19)12-20-18(23)22(9-8-21(2)3)13-16-5-4-10-24-16/h6-7,11,16H,4-5,8-10,12-13H2,1-3H3,(H,20,23)/t16-/m0/s1. The van der Waals surface area contributed by atoms with Gasteiger partial charge in [0, 0.05) is 32.8 Å². The fourth-order valence-corrected chi connectivity index (χ4v) is 2.74. The van der Waals surface area contributed by atoms with Crippen LogP contribution in [0.25, 0.3) is 0 Å². The van der Waals surface area contributed by atoms with Gasteiger partial charge in [0.05, 0.1) is 6.10 Å². The van der Waals surface area contributed by atoms with Crippen LogP contribution in [0.2, 0.25) is 0 Å². The highest BCUT2D eigenvalue weighted by atomic mass is 19.1. The Hall–Kier alpha value is -1.66. The quantitative estimate of drug-likeness (QED) is 0.831. The molecule has 2 amide bonds. The predicted molar refractivity (Wildman–Crippen MR) is 92.5 cm³/mol. The second-order valence-corrected chi connectivity index (χ2v) is 6.63. The van der Waals surface area contributed by atoms with E-state index < -0.39 is 0 Å². The van der Waals surface area contributed by atoms with Crippen LogP contribution in [-0.2, 0) is 11.3 Å². The van der Waals surface area contributed by atoms with E-state index in [1.165, 1.54) is 6.07 Å². The summed E-state index contributed by atoms with van der Waals surface area (Å²) in [4.78, 5) is 16.4. The van der Waals surface area contributed by atoms with Crippen molar-refractivity contribution in [2.45, 2.75) is 32.4 Å². The first kappa shape index (κ1) is 18.7. The molecule has 1 aromatic carbocycles. The Morgan fingerprint density at radius 2 is 2.17 bits per heavy atom. The molecule has 0 saturated carbocycles. The van der Waals surface area contributed by atoms with Crippen molar-refractivity contribution in [2.24, 2.45) is 0 Å². The molecule has 1 aliphatic rings. The Morgan fingerprint density at radius 3 is 2.79 bits per heavy atom. The molecule has 134 valence electrons. The Bertz CT molecular complexity index is 545. The van der Waals surface area contributed by atoms with Gasteiger partial charge in [-0.25, -0.2) is 9.18 Å². The predicted octanol–water partition coefficient (Wildman–Crippen LogP) is 2.39. The maximum absolute atomic E-state index is 13.3. The zero-order valence-corrected chi connectivity index (χ0v) is 14.8. The van der Waals surface area contributed by atoms with Crippen LogP contribution in [0.3, 0.4) is 0 Å². The van der Waals surface area contributed by atoms with Gasteiger partial charge in [0.15, 0.2) is 0 Å². The molecule has 1 atom stereocenters. The third kappa shape index (κ3) is 5.76. The van der Waals surface area contributed by atoms with Crippen LogP contribution in [0.15, 0.2) is 18.2 Å². The van der Waals surface area contributed by atoms with E-state index >= 15 is 0 Å². The lowest BCUT2D eigenvalue weighted by Gasteiger charge is -2.27. The number of halogens is 1. The second kappa shape index (κ2) is 8.99. The summed E-state index contributed by atoms with van der Waals surface area (Å²) in [6.07, 6.45) is 2.19. The molecule has 1 aromatic rings. The van der Waals surface area contributed by atoms with Crippen LogP contribution in [0.4, 0.5) is 9.18 Å². The Balaban J connectivity index is 1.90. The van der Waals surface area contributed by atoms with Crippen molar-refractivity contribution in [3.8, 4) is 0 Å². The van der Waals surface area contributed by atoms with Gasteiger partial charge in [0.2, 0.25) is 0 Å². The van der Waals surface area contributed by atoms with Gasteiger partial charge >= 0.3 is 6.03 Å². The number of hydrogen-bond acceptors (Lipinski definition) is 3. The molecule has 1 heterocycles. The molecule has 0 aliphatic carbocycles. The molecule has 24 heavy (non-hydrogen) atoms. The first-order valence-corrected chi connectivity index (χ1v) is 8.50. The average molecular weight is 337 g/mol. The number of hydrogen-bond donors (Lipinski definition) is 1. The molecule has 2 rings (SSSR count). The zero-order valence-electron chi connectivity index (χ0n) is 14.8. The van der Waals surface area contributed by atoms with Crippen LogP contribution in [-0.4, -0.2) is 62.3 Å². The third-order valence-electron chi connectivity index (χ3n) is 4.22. The minimum Gasteiger partial charge on any atom is -0.376 e. The molecule has 5 nitrogen and oxygen atoms in total. The number of rotatable bonds is 7. The minimum absolute atomic E-state index is 0.102. The van der Waals surface area contributed by atoms with E-state index in [9.17, 15) is 9.18 Å². The fourth-order valence-electron chi connectivity index (χ4n) is 2.74. The zero-order chi connectivity index (χ0) is 17.5. The van der Waals surface area contributed by atoms with Gasteiger partial charge in [-0.05, 0) is 51.1 Å². The van der Waals surface area contributed by atoms with Crippen LogP contribution in [0.1, 0.15) is 24.0 Å². The van der Waals surface area contributed by atoms with Gasteiger partial charge in [-0.3, -0.25) is 0 Å². The maximum Gasteiger partial charge on any atom is 0.317 e. The van der Waals surface area contributed by atoms with Gasteiger partial charge in [-0.1, -0.05) is 12.1 Å². The number of carbonyl (C=O) groups excluding carboxylic acids is 1. The van der Waals surface area contributed by atoms with Crippen molar-refractivity contribution >= 4 is 6.03 Å². The van der Waals surface area contributed by atoms with E-state index in [1.54, 1.807) is 19.1 Å². The molecule has 1 N–H and O–H groups in total. The second-order valence-electron chi connectivity index (χ2n) is 6.63. The van der Waals surface area contributed by atoms with E-state index in [-0.39, 0.29) is 18.0 Å². The number of nitrogens with zero attached hydrogens (tertiary/aromatic N) is 2. The topological polar surface area (TPSA) is 44.8 Å². The van der Waals surface area contributed by atoms with Gasteiger partial charge in [-0.2, -0.15) is 0 Å². The van der Waals surface area contributed by atoms with Crippen LogP contribution in [0.5, 0.6) is 0 Å². The SMILES string of the molecule is Cc1cc(CNC(=O)N(CCN(C)C)C[C@@H]2CCCO2)ccc1F. The van der Waals surface area contributed by atoms with E-state index in [0.717, 1.165) is 31.6 Å². The first-order chi connectivity index (χ1) is 11.5. The van der Waals surface area contributed by atoms with E-state index in [2.05, 4.69) is 10.2 Å². The average Bonchev–Trinajstić information content (AvgIpc) is 3.05. The summed E-state index contributed by atoms with van der Waals surface area (Å²) in [6.45, 7) is 4.97. The van der Waals surface area contributed by atoms with Gasteiger partial charge in [0.1, 0.15) is 5.82 Å². The summed E-state index contributed by atoms with van der Waals surface area (Å²) in [7, 11) is 3.98. The molecular formula is C18H28FN3O2. The number of ether oxygens (including phenoxy) is 1. The van der Waals surface area contributed by atoms with Crippen molar-refractivity contribution in [2.75, 3.05) is 40.3 Å². The molecule has 1 saturated heterocycles. The molecule has 6 heteroatoms. The van der Waals surface area contributed by atoms with Crippen molar-refractivity contribution in [3.63, 3.8) is 0 Å². The summed E-state index contributed by atoms with van der Waals surface area (Å²) in [5.74, 6) is -0.226. The largest absolute Gasteiger partial charge is 0.376 e. The van der Waals surface area contributed by atoms with Crippen molar-refractivity contribution in [3.05, 3.63) is 35.1 Å². The number of benzene rings is 1. The van der Waals surface area contributed by atoms with E-state index in [0.29, 0.717) is 25.2 Å². The van der Waals surface area contributed by atoms with Crippen LogP contribution < -0.4 is 5.32 Å². The lowest BCUT2D eigenvalue weighted by Crippen LogP contribution is -2.46. The van der Waals surface area contributed by atoms with Gasteiger partial charge < -0.3 is 19.9 Å².